The molecule has 0 saturated carbocycles. The number of nitrogens with one attached hydrogen (secondary N) is 2. The molecule has 5 heteroatoms. The van der Waals surface area contributed by atoms with Gasteiger partial charge in [-0.3, -0.25) is 0 Å². The van der Waals surface area contributed by atoms with Gasteiger partial charge >= 0.3 is 0 Å². The van der Waals surface area contributed by atoms with Gasteiger partial charge in [0.15, 0.2) is 0 Å². The number of hydrogen-bond acceptors (Lipinski definition) is 5. The molecule has 2 rings (SSSR count). The lowest BCUT2D eigenvalue weighted by molar-refractivity contribution is 0.870. The first-order chi connectivity index (χ1) is 9.20. The highest BCUT2D eigenvalue weighted by atomic mass is 32.1. The predicted molar refractivity (Wildman–Crippen MR) is 81.9 cm³/mol. The van der Waals surface area contributed by atoms with Crippen molar-refractivity contribution >= 4 is 23.1 Å². The number of nitrogens with zero attached hydrogens (tertiary/aromatic N) is 2. The average molecular weight is 276 g/mol. The van der Waals surface area contributed by atoms with Gasteiger partial charge in [-0.2, -0.15) is 16.3 Å². The summed E-state index contributed by atoms with van der Waals surface area (Å²) in [6.45, 7) is 7.18. The highest BCUT2D eigenvalue weighted by molar-refractivity contribution is 7.07. The van der Waals surface area contributed by atoms with Crippen molar-refractivity contribution < 1.29 is 0 Å². The third-order valence-corrected chi connectivity index (χ3v) is 3.60. The van der Waals surface area contributed by atoms with Crippen LogP contribution in [0.15, 0.2) is 23.0 Å². The van der Waals surface area contributed by atoms with Crippen LogP contribution in [-0.2, 0) is 0 Å². The largest absolute Gasteiger partial charge is 0.363 e. The summed E-state index contributed by atoms with van der Waals surface area (Å²) in [5.74, 6) is 1.58. The average Bonchev–Trinajstić information content (AvgIpc) is 2.93. The summed E-state index contributed by atoms with van der Waals surface area (Å²) >= 11 is 1.71. The Morgan fingerprint density at radius 3 is 2.95 bits per heavy atom. The summed E-state index contributed by atoms with van der Waals surface area (Å²) in [4.78, 5) is 8.82. The minimum Gasteiger partial charge on any atom is -0.363 e. The molecule has 102 valence electrons. The topological polar surface area (TPSA) is 49.8 Å². The first-order valence-corrected chi connectivity index (χ1v) is 7.51. The van der Waals surface area contributed by atoms with Gasteiger partial charge in [-0.15, -0.1) is 0 Å². The van der Waals surface area contributed by atoms with Crippen LogP contribution in [0.3, 0.4) is 0 Å². The van der Waals surface area contributed by atoms with E-state index in [4.69, 9.17) is 0 Å². The number of aryl methyl sites for hydroxylation is 1. The fourth-order valence-corrected chi connectivity index (χ4v) is 2.47. The first-order valence-electron chi connectivity index (χ1n) is 6.57. The molecular weight excluding hydrogens is 256 g/mol. The fraction of sp³-hybridized carbons (Fsp3) is 0.429. The number of hydrogen-bond donors (Lipinski definition) is 2. The van der Waals surface area contributed by atoms with Crippen molar-refractivity contribution in [3.63, 3.8) is 0 Å². The molecule has 1 atom stereocenters. The number of thiophene rings is 1. The molecule has 0 saturated heterocycles. The lowest BCUT2D eigenvalue weighted by Crippen LogP contribution is -2.11. The lowest BCUT2D eigenvalue weighted by atomic mass is 10.2. The van der Waals surface area contributed by atoms with E-state index in [1.807, 2.05) is 13.1 Å². The SMILES string of the molecule is CCCNc1ncc(C)c(NC(C)c2ccsc2)n1. The third kappa shape index (κ3) is 3.67. The van der Waals surface area contributed by atoms with Gasteiger partial charge in [0.2, 0.25) is 5.95 Å². The molecule has 4 nitrogen and oxygen atoms in total. The molecule has 0 radical (unpaired) electrons. The lowest BCUT2D eigenvalue weighted by Gasteiger charge is -2.16. The van der Waals surface area contributed by atoms with Crippen LogP contribution < -0.4 is 10.6 Å². The van der Waals surface area contributed by atoms with Crippen LogP contribution in [0.4, 0.5) is 11.8 Å². The van der Waals surface area contributed by atoms with Crippen molar-refractivity contribution in [2.24, 2.45) is 0 Å². The normalized spacial score (nSPS) is 12.2. The maximum Gasteiger partial charge on any atom is 0.224 e. The molecule has 2 aromatic heterocycles. The smallest absolute Gasteiger partial charge is 0.224 e. The maximum absolute atomic E-state index is 4.53. The molecule has 2 aromatic rings. The van der Waals surface area contributed by atoms with Crippen molar-refractivity contribution in [2.75, 3.05) is 17.2 Å². The number of rotatable bonds is 6. The summed E-state index contributed by atoms with van der Waals surface area (Å²) in [6.07, 6.45) is 2.92. The van der Waals surface area contributed by atoms with E-state index < -0.39 is 0 Å². The molecule has 0 aliphatic heterocycles. The molecule has 0 bridgehead atoms. The quantitative estimate of drug-likeness (QED) is 0.841. The van der Waals surface area contributed by atoms with E-state index in [1.54, 1.807) is 11.3 Å². The molecule has 19 heavy (non-hydrogen) atoms. The van der Waals surface area contributed by atoms with Crippen LogP contribution in [0.1, 0.15) is 37.4 Å². The standard InChI is InChI=1S/C14H20N4S/c1-4-6-15-14-16-8-10(2)13(18-14)17-11(3)12-5-7-19-9-12/h5,7-9,11H,4,6H2,1-3H3,(H2,15,16,17,18). The summed E-state index contributed by atoms with van der Waals surface area (Å²) < 4.78 is 0. The van der Waals surface area contributed by atoms with Crippen LogP contribution in [0, 0.1) is 6.92 Å². The molecule has 2 heterocycles. The van der Waals surface area contributed by atoms with E-state index in [-0.39, 0.29) is 6.04 Å². The summed E-state index contributed by atoms with van der Waals surface area (Å²) in [5, 5.41) is 10.9. The van der Waals surface area contributed by atoms with E-state index in [0.29, 0.717) is 5.95 Å². The van der Waals surface area contributed by atoms with Gasteiger partial charge in [-0.05, 0) is 42.7 Å². The van der Waals surface area contributed by atoms with Gasteiger partial charge in [0.25, 0.3) is 0 Å². The molecule has 0 aliphatic carbocycles. The molecule has 2 N–H and O–H groups in total. The molecule has 0 aliphatic rings. The minimum absolute atomic E-state index is 0.249. The number of anilines is 2. The van der Waals surface area contributed by atoms with Crippen LogP contribution in [0.2, 0.25) is 0 Å². The second kappa shape index (κ2) is 6.52. The van der Waals surface area contributed by atoms with Gasteiger partial charge in [0.05, 0.1) is 6.04 Å². The first kappa shape index (κ1) is 13.8. The number of aromatic nitrogens is 2. The highest BCUT2D eigenvalue weighted by Crippen LogP contribution is 2.22. The Balaban J connectivity index is 2.10. The van der Waals surface area contributed by atoms with Gasteiger partial charge < -0.3 is 10.6 Å². The van der Waals surface area contributed by atoms with Crippen LogP contribution in [0.5, 0.6) is 0 Å². The van der Waals surface area contributed by atoms with Gasteiger partial charge in [0.1, 0.15) is 5.82 Å². The Bertz CT molecular complexity index is 510. The van der Waals surface area contributed by atoms with Crippen molar-refractivity contribution in [1.82, 2.24) is 9.97 Å². The van der Waals surface area contributed by atoms with Gasteiger partial charge in [-0.1, -0.05) is 6.92 Å². The Morgan fingerprint density at radius 2 is 2.26 bits per heavy atom. The maximum atomic E-state index is 4.53. The monoisotopic (exact) mass is 276 g/mol. The van der Waals surface area contributed by atoms with E-state index in [1.165, 1.54) is 5.56 Å². The highest BCUT2D eigenvalue weighted by Gasteiger charge is 2.09. The molecule has 0 spiro atoms. The van der Waals surface area contributed by atoms with Crippen molar-refractivity contribution in [3.8, 4) is 0 Å². The molecule has 1 unspecified atom stereocenters. The van der Waals surface area contributed by atoms with Crippen LogP contribution in [0.25, 0.3) is 0 Å². The van der Waals surface area contributed by atoms with Crippen LogP contribution >= 0.6 is 11.3 Å². The van der Waals surface area contributed by atoms with Crippen LogP contribution in [-0.4, -0.2) is 16.5 Å². The molecule has 0 fully saturated rings. The predicted octanol–water partition coefficient (Wildman–Crippen LogP) is 3.84. The Kier molecular flexibility index (Phi) is 4.74. The van der Waals surface area contributed by atoms with Crippen molar-refractivity contribution in [3.05, 3.63) is 34.2 Å². The van der Waals surface area contributed by atoms with Crippen molar-refractivity contribution in [1.29, 1.82) is 0 Å². The zero-order valence-corrected chi connectivity index (χ0v) is 12.4. The summed E-state index contributed by atoms with van der Waals surface area (Å²) in [6, 6.07) is 2.38. The summed E-state index contributed by atoms with van der Waals surface area (Å²) in [5.41, 5.74) is 2.34. The minimum atomic E-state index is 0.249. The summed E-state index contributed by atoms with van der Waals surface area (Å²) in [7, 11) is 0. The van der Waals surface area contributed by atoms with E-state index in [9.17, 15) is 0 Å². The van der Waals surface area contributed by atoms with Gasteiger partial charge in [-0.25, -0.2) is 4.98 Å². The molecule has 0 amide bonds. The Morgan fingerprint density at radius 1 is 1.42 bits per heavy atom. The zero-order valence-electron chi connectivity index (χ0n) is 11.6. The second-order valence-electron chi connectivity index (χ2n) is 4.57. The van der Waals surface area contributed by atoms with E-state index >= 15 is 0 Å². The van der Waals surface area contributed by atoms with Gasteiger partial charge in [0, 0.05) is 18.3 Å². The zero-order chi connectivity index (χ0) is 13.7. The van der Waals surface area contributed by atoms with E-state index in [0.717, 1.165) is 24.3 Å². The Hall–Kier alpha value is -1.62. The Labute approximate surface area is 118 Å². The van der Waals surface area contributed by atoms with E-state index in [2.05, 4.69) is 51.3 Å². The molecule has 0 aromatic carbocycles. The third-order valence-electron chi connectivity index (χ3n) is 2.90. The molecular formula is C14H20N4S. The van der Waals surface area contributed by atoms with Crippen molar-refractivity contribution in [2.45, 2.75) is 33.2 Å². The fourth-order valence-electron chi connectivity index (χ4n) is 1.72. The second-order valence-corrected chi connectivity index (χ2v) is 5.35.